The van der Waals surface area contributed by atoms with Crippen LogP contribution in [0.4, 0.5) is 0 Å². The van der Waals surface area contributed by atoms with Crippen molar-refractivity contribution in [1.82, 2.24) is 19.5 Å². The summed E-state index contributed by atoms with van der Waals surface area (Å²) < 4.78 is 1.54. The minimum atomic E-state index is -0.0947. The first-order valence-electron chi connectivity index (χ1n) is 8.97. The Morgan fingerprint density at radius 2 is 1.92 bits per heavy atom. The monoisotopic (exact) mass is 390 g/mol. The highest BCUT2D eigenvalue weighted by atomic mass is 35.5. The fourth-order valence-electron chi connectivity index (χ4n) is 4.15. The van der Waals surface area contributed by atoms with Gasteiger partial charge in [-0.05, 0) is 36.8 Å². The average molecular weight is 391 g/mol. The van der Waals surface area contributed by atoms with Gasteiger partial charge in [-0.2, -0.15) is 4.52 Å². The molecule has 0 unspecified atom stereocenters. The zero-order chi connectivity index (χ0) is 18.4. The summed E-state index contributed by atoms with van der Waals surface area (Å²) in [7, 11) is 0. The fraction of sp³-hybridized carbons (Fsp3) is 0.474. The molecule has 1 saturated heterocycles. The van der Waals surface area contributed by atoms with E-state index in [1.54, 1.807) is 0 Å². The number of likely N-dealkylation sites (tertiary alicyclic amines) is 1. The summed E-state index contributed by atoms with van der Waals surface area (Å²) in [6.45, 7) is 8.37. The number of rotatable bonds is 3. The maximum absolute atomic E-state index is 10.9. The standard InChI is InChI=1S/C19H23ClN4OS/c1-11-8-12(2)10-23(9-11)16(14-6-4-5-7-15(14)20)17-18(25)24-19(26-17)21-13(3)22-24/h4-7,11-12,16,25H,8-10H2,1-3H3/t11-,12+,16-/m0/s1. The number of aromatic nitrogens is 3. The SMILES string of the molecule is Cc1nc2sc([C@H](c3ccccc3Cl)N3C[C@H](C)C[C@H](C)C3)c(O)n2n1. The van der Waals surface area contributed by atoms with Crippen LogP contribution < -0.4 is 0 Å². The van der Waals surface area contributed by atoms with E-state index in [0.717, 1.165) is 28.6 Å². The van der Waals surface area contributed by atoms with Crippen molar-refractivity contribution in [2.45, 2.75) is 33.2 Å². The summed E-state index contributed by atoms with van der Waals surface area (Å²) in [5, 5.41) is 15.9. The molecule has 1 aliphatic rings. The van der Waals surface area contributed by atoms with Gasteiger partial charge in [-0.25, -0.2) is 4.98 Å². The number of aryl methyl sites for hydroxylation is 1. The highest BCUT2D eigenvalue weighted by Gasteiger charge is 2.34. The number of aromatic hydroxyl groups is 1. The van der Waals surface area contributed by atoms with E-state index < -0.39 is 0 Å². The summed E-state index contributed by atoms with van der Waals surface area (Å²) in [6.07, 6.45) is 1.23. The van der Waals surface area contributed by atoms with Crippen LogP contribution in [0, 0.1) is 18.8 Å². The van der Waals surface area contributed by atoms with Crippen LogP contribution in [-0.4, -0.2) is 37.7 Å². The van der Waals surface area contributed by atoms with E-state index in [1.807, 2.05) is 25.1 Å². The number of benzene rings is 1. The second-order valence-electron chi connectivity index (χ2n) is 7.47. The third-order valence-corrected chi connectivity index (χ3v) is 6.43. The highest BCUT2D eigenvalue weighted by molar-refractivity contribution is 7.17. The lowest BCUT2D eigenvalue weighted by Crippen LogP contribution is -2.41. The lowest BCUT2D eigenvalue weighted by molar-refractivity contribution is 0.112. The van der Waals surface area contributed by atoms with Crippen molar-refractivity contribution in [2.24, 2.45) is 11.8 Å². The minimum Gasteiger partial charge on any atom is -0.492 e. The highest BCUT2D eigenvalue weighted by Crippen LogP contribution is 2.43. The Morgan fingerprint density at radius 1 is 1.23 bits per heavy atom. The lowest BCUT2D eigenvalue weighted by Gasteiger charge is -2.40. The quantitative estimate of drug-likeness (QED) is 0.714. The molecule has 1 N–H and O–H groups in total. The Labute approximate surface area is 162 Å². The number of halogens is 1. The maximum Gasteiger partial charge on any atom is 0.230 e. The predicted octanol–water partition coefficient (Wildman–Crippen LogP) is 4.53. The van der Waals surface area contributed by atoms with Gasteiger partial charge >= 0.3 is 0 Å². The zero-order valence-electron chi connectivity index (χ0n) is 15.2. The first-order chi connectivity index (χ1) is 12.4. The Kier molecular flexibility index (Phi) is 4.67. The summed E-state index contributed by atoms with van der Waals surface area (Å²) in [4.78, 5) is 8.44. The van der Waals surface area contributed by atoms with Crippen LogP contribution in [0.5, 0.6) is 5.88 Å². The molecule has 1 aliphatic heterocycles. The molecule has 7 heteroatoms. The third kappa shape index (κ3) is 3.10. The third-order valence-electron chi connectivity index (χ3n) is 5.02. The van der Waals surface area contributed by atoms with E-state index in [-0.39, 0.29) is 11.9 Å². The number of thiazole rings is 1. The largest absolute Gasteiger partial charge is 0.492 e. The molecular formula is C19H23ClN4OS. The number of hydrogen-bond donors (Lipinski definition) is 1. The van der Waals surface area contributed by atoms with Crippen LogP contribution in [-0.2, 0) is 0 Å². The van der Waals surface area contributed by atoms with E-state index in [0.29, 0.717) is 22.6 Å². The first-order valence-corrected chi connectivity index (χ1v) is 10.2. The normalized spacial score (nSPS) is 22.8. The molecule has 3 atom stereocenters. The van der Waals surface area contributed by atoms with Gasteiger partial charge in [0.25, 0.3) is 0 Å². The Balaban J connectivity index is 1.85. The molecule has 5 nitrogen and oxygen atoms in total. The van der Waals surface area contributed by atoms with Gasteiger partial charge in [0, 0.05) is 18.1 Å². The van der Waals surface area contributed by atoms with Crippen molar-refractivity contribution < 1.29 is 5.11 Å². The van der Waals surface area contributed by atoms with Crippen LogP contribution >= 0.6 is 22.9 Å². The van der Waals surface area contributed by atoms with Gasteiger partial charge in [-0.1, -0.05) is 55.0 Å². The van der Waals surface area contributed by atoms with Crippen molar-refractivity contribution in [3.05, 3.63) is 45.6 Å². The molecule has 0 spiro atoms. The van der Waals surface area contributed by atoms with E-state index >= 15 is 0 Å². The van der Waals surface area contributed by atoms with Crippen molar-refractivity contribution in [2.75, 3.05) is 13.1 Å². The Hall–Kier alpha value is -1.63. The number of nitrogens with zero attached hydrogens (tertiary/aromatic N) is 4. The molecule has 26 heavy (non-hydrogen) atoms. The van der Waals surface area contributed by atoms with Gasteiger partial charge in [0.05, 0.1) is 10.9 Å². The van der Waals surface area contributed by atoms with Gasteiger partial charge in [0.15, 0.2) is 0 Å². The van der Waals surface area contributed by atoms with Gasteiger partial charge < -0.3 is 5.11 Å². The molecule has 2 aromatic heterocycles. The van der Waals surface area contributed by atoms with Gasteiger partial charge in [-0.3, -0.25) is 4.90 Å². The molecule has 0 amide bonds. The molecule has 4 rings (SSSR count). The molecule has 0 saturated carbocycles. The van der Waals surface area contributed by atoms with Crippen molar-refractivity contribution in [3.8, 4) is 5.88 Å². The van der Waals surface area contributed by atoms with Crippen molar-refractivity contribution in [1.29, 1.82) is 0 Å². The summed E-state index contributed by atoms with van der Waals surface area (Å²) in [6, 6.07) is 7.82. The topological polar surface area (TPSA) is 53.7 Å². The predicted molar refractivity (Wildman–Crippen MR) is 105 cm³/mol. The fourth-order valence-corrected chi connectivity index (χ4v) is 5.54. The van der Waals surface area contributed by atoms with Crippen molar-refractivity contribution >= 4 is 27.9 Å². The number of fused-ring (bicyclic) bond motifs is 1. The van der Waals surface area contributed by atoms with E-state index in [1.165, 1.54) is 22.3 Å². The number of hydrogen-bond acceptors (Lipinski definition) is 5. The zero-order valence-corrected chi connectivity index (χ0v) is 16.8. The molecule has 0 bridgehead atoms. The van der Waals surface area contributed by atoms with Crippen LogP contribution in [0.2, 0.25) is 5.02 Å². The lowest BCUT2D eigenvalue weighted by atomic mass is 9.89. The van der Waals surface area contributed by atoms with Crippen LogP contribution in [0.15, 0.2) is 24.3 Å². The molecule has 3 aromatic rings. The first kappa shape index (κ1) is 17.8. The second kappa shape index (κ2) is 6.83. The molecule has 1 fully saturated rings. The minimum absolute atomic E-state index is 0.0947. The van der Waals surface area contributed by atoms with Gasteiger partial charge in [0.2, 0.25) is 10.8 Å². The molecule has 1 aromatic carbocycles. The summed E-state index contributed by atoms with van der Waals surface area (Å²) in [5.74, 6) is 2.04. The Bertz CT molecular complexity index is 927. The van der Waals surface area contributed by atoms with E-state index in [4.69, 9.17) is 11.6 Å². The van der Waals surface area contributed by atoms with Crippen molar-refractivity contribution in [3.63, 3.8) is 0 Å². The smallest absolute Gasteiger partial charge is 0.230 e. The molecule has 0 radical (unpaired) electrons. The summed E-state index contributed by atoms with van der Waals surface area (Å²) in [5.41, 5.74) is 1.02. The average Bonchev–Trinajstić information content (AvgIpc) is 3.07. The molecule has 0 aliphatic carbocycles. The van der Waals surface area contributed by atoms with Crippen LogP contribution in [0.3, 0.4) is 0 Å². The van der Waals surface area contributed by atoms with E-state index in [9.17, 15) is 5.11 Å². The molecular weight excluding hydrogens is 368 g/mol. The molecule has 3 heterocycles. The Morgan fingerprint density at radius 3 is 2.58 bits per heavy atom. The van der Waals surface area contributed by atoms with Gasteiger partial charge in [0.1, 0.15) is 5.82 Å². The van der Waals surface area contributed by atoms with E-state index in [2.05, 4.69) is 34.9 Å². The molecule has 138 valence electrons. The summed E-state index contributed by atoms with van der Waals surface area (Å²) >= 11 is 8.06. The maximum atomic E-state index is 10.9. The van der Waals surface area contributed by atoms with Gasteiger partial charge in [-0.15, -0.1) is 5.10 Å². The van der Waals surface area contributed by atoms with Crippen LogP contribution in [0.25, 0.3) is 4.96 Å². The number of piperidine rings is 1. The van der Waals surface area contributed by atoms with Crippen LogP contribution in [0.1, 0.15) is 42.6 Å². The second-order valence-corrected chi connectivity index (χ2v) is 8.88.